The molecule has 5 nitrogen and oxygen atoms in total. The van der Waals surface area contributed by atoms with Crippen molar-refractivity contribution in [3.63, 3.8) is 0 Å². The Morgan fingerprint density at radius 1 is 1.31 bits per heavy atom. The molecule has 0 bridgehead atoms. The minimum atomic E-state index is -4.38. The summed E-state index contributed by atoms with van der Waals surface area (Å²) < 4.78 is 43.4. The number of ether oxygens (including phenoxy) is 1. The molecule has 2 aromatic rings. The molecule has 0 aliphatic rings. The highest BCUT2D eigenvalue weighted by atomic mass is 32.1. The Labute approximate surface area is 154 Å². The minimum Gasteiger partial charge on any atom is -0.492 e. The molecule has 0 aliphatic carbocycles. The SMILES string of the molecule is CCNC(=NCc1ncc(C)s1)NCCOc1cccc(C(F)(F)F)c1. The summed E-state index contributed by atoms with van der Waals surface area (Å²) in [6.07, 6.45) is -2.57. The zero-order valence-electron chi connectivity index (χ0n) is 14.6. The van der Waals surface area contributed by atoms with Gasteiger partial charge in [0.15, 0.2) is 5.96 Å². The van der Waals surface area contributed by atoms with E-state index in [1.807, 2.05) is 13.8 Å². The first-order chi connectivity index (χ1) is 12.4. The van der Waals surface area contributed by atoms with Crippen molar-refractivity contribution < 1.29 is 17.9 Å². The average molecular weight is 386 g/mol. The molecule has 9 heteroatoms. The lowest BCUT2D eigenvalue weighted by Gasteiger charge is -2.13. The van der Waals surface area contributed by atoms with Crippen molar-refractivity contribution in [3.8, 4) is 5.75 Å². The van der Waals surface area contributed by atoms with Gasteiger partial charge in [-0.15, -0.1) is 11.3 Å². The predicted octanol–water partition coefficient (Wildman–Crippen LogP) is 3.60. The Hall–Kier alpha value is -2.29. The second-order valence-corrected chi connectivity index (χ2v) is 6.68. The van der Waals surface area contributed by atoms with Crippen LogP contribution in [0.5, 0.6) is 5.75 Å². The van der Waals surface area contributed by atoms with Crippen LogP contribution in [0.25, 0.3) is 0 Å². The Kier molecular flexibility index (Phi) is 7.26. The number of nitrogens with one attached hydrogen (secondary N) is 2. The van der Waals surface area contributed by atoms with E-state index in [-0.39, 0.29) is 12.4 Å². The van der Waals surface area contributed by atoms with Crippen molar-refractivity contribution in [2.75, 3.05) is 19.7 Å². The van der Waals surface area contributed by atoms with Gasteiger partial charge in [0.1, 0.15) is 17.4 Å². The van der Waals surface area contributed by atoms with Gasteiger partial charge in [0, 0.05) is 17.6 Å². The molecule has 142 valence electrons. The third kappa shape index (κ3) is 6.55. The van der Waals surface area contributed by atoms with Gasteiger partial charge in [-0.2, -0.15) is 13.2 Å². The maximum Gasteiger partial charge on any atom is 0.416 e. The molecule has 0 saturated heterocycles. The number of alkyl halides is 3. The van der Waals surface area contributed by atoms with Gasteiger partial charge in [0.05, 0.1) is 18.7 Å². The zero-order valence-corrected chi connectivity index (χ0v) is 15.4. The lowest BCUT2D eigenvalue weighted by Crippen LogP contribution is -2.39. The Balaban J connectivity index is 1.82. The molecule has 26 heavy (non-hydrogen) atoms. The molecule has 1 aromatic carbocycles. The van der Waals surface area contributed by atoms with Crippen molar-refractivity contribution in [2.24, 2.45) is 4.99 Å². The Bertz CT molecular complexity index is 731. The number of hydrogen-bond donors (Lipinski definition) is 2. The molecule has 2 rings (SSSR count). The third-order valence-corrected chi connectivity index (χ3v) is 4.11. The van der Waals surface area contributed by atoms with Crippen LogP contribution in [-0.2, 0) is 12.7 Å². The Morgan fingerprint density at radius 2 is 2.12 bits per heavy atom. The number of aromatic nitrogens is 1. The number of rotatable bonds is 7. The molecule has 1 aromatic heterocycles. The lowest BCUT2D eigenvalue weighted by molar-refractivity contribution is -0.137. The fourth-order valence-corrected chi connectivity index (χ4v) is 2.78. The van der Waals surface area contributed by atoms with E-state index in [1.54, 1.807) is 17.5 Å². The number of halogens is 3. The van der Waals surface area contributed by atoms with Gasteiger partial charge in [-0.05, 0) is 32.0 Å². The number of aliphatic imine (C=N–C) groups is 1. The minimum absolute atomic E-state index is 0.182. The highest BCUT2D eigenvalue weighted by molar-refractivity contribution is 7.11. The van der Waals surface area contributed by atoms with Crippen molar-refractivity contribution in [2.45, 2.75) is 26.6 Å². The van der Waals surface area contributed by atoms with Crippen LogP contribution in [0.3, 0.4) is 0 Å². The predicted molar refractivity (Wildman–Crippen MR) is 96.6 cm³/mol. The summed E-state index contributed by atoms with van der Waals surface area (Å²) in [5.41, 5.74) is -0.725. The van der Waals surface area contributed by atoms with Gasteiger partial charge in [-0.3, -0.25) is 0 Å². The average Bonchev–Trinajstić information content (AvgIpc) is 3.01. The van der Waals surface area contributed by atoms with E-state index in [0.717, 1.165) is 22.0 Å². The molecule has 1 heterocycles. The molecular weight excluding hydrogens is 365 g/mol. The first kappa shape index (κ1) is 20.0. The molecule has 0 amide bonds. The maximum atomic E-state index is 12.7. The van der Waals surface area contributed by atoms with Crippen LogP contribution in [0.15, 0.2) is 35.5 Å². The topological polar surface area (TPSA) is 58.5 Å². The molecule has 0 saturated carbocycles. The summed E-state index contributed by atoms with van der Waals surface area (Å²) in [6, 6.07) is 4.83. The van der Waals surface area contributed by atoms with Gasteiger partial charge < -0.3 is 15.4 Å². The zero-order chi connectivity index (χ0) is 19.0. The quantitative estimate of drug-likeness (QED) is 0.434. The highest BCUT2D eigenvalue weighted by Crippen LogP contribution is 2.31. The number of hydrogen-bond acceptors (Lipinski definition) is 4. The van der Waals surface area contributed by atoms with Crippen molar-refractivity contribution >= 4 is 17.3 Å². The molecule has 0 aliphatic heterocycles. The molecule has 0 spiro atoms. The van der Waals surface area contributed by atoms with Gasteiger partial charge >= 0.3 is 6.18 Å². The normalized spacial score (nSPS) is 12.1. The maximum absolute atomic E-state index is 12.7. The Morgan fingerprint density at radius 3 is 2.77 bits per heavy atom. The second kappa shape index (κ2) is 9.42. The molecule has 2 N–H and O–H groups in total. The molecule has 0 atom stereocenters. The number of aryl methyl sites for hydroxylation is 1. The van der Waals surface area contributed by atoms with Crippen LogP contribution in [0, 0.1) is 6.92 Å². The van der Waals surface area contributed by atoms with E-state index in [0.29, 0.717) is 25.6 Å². The van der Waals surface area contributed by atoms with Crippen LogP contribution in [0.4, 0.5) is 13.2 Å². The first-order valence-corrected chi connectivity index (χ1v) is 8.93. The van der Waals surface area contributed by atoms with Gasteiger partial charge in [0.25, 0.3) is 0 Å². The largest absolute Gasteiger partial charge is 0.492 e. The number of guanidine groups is 1. The monoisotopic (exact) mass is 386 g/mol. The van der Waals surface area contributed by atoms with Crippen LogP contribution < -0.4 is 15.4 Å². The fraction of sp³-hybridized carbons (Fsp3) is 0.412. The van der Waals surface area contributed by atoms with Crippen LogP contribution in [-0.4, -0.2) is 30.6 Å². The van der Waals surface area contributed by atoms with Gasteiger partial charge in [-0.1, -0.05) is 6.07 Å². The summed E-state index contributed by atoms with van der Waals surface area (Å²) in [6.45, 7) is 5.70. The number of thiazole rings is 1. The van der Waals surface area contributed by atoms with E-state index in [9.17, 15) is 13.2 Å². The highest BCUT2D eigenvalue weighted by Gasteiger charge is 2.30. The van der Waals surface area contributed by atoms with Crippen LogP contribution in [0.2, 0.25) is 0 Å². The second-order valence-electron chi connectivity index (χ2n) is 5.36. The summed E-state index contributed by atoms with van der Waals surface area (Å²) in [5.74, 6) is 0.787. The summed E-state index contributed by atoms with van der Waals surface area (Å²) in [4.78, 5) is 9.80. The summed E-state index contributed by atoms with van der Waals surface area (Å²) >= 11 is 1.59. The summed E-state index contributed by atoms with van der Waals surface area (Å²) in [7, 11) is 0. The van der Waals surface area contributed by atoms with E-state index < -0.39 is 11.7 Å². The van der Waals surface area contributed by atoms with Crippen molar-refractivity contribution in [3.05, 3.63) is 45.9 Å². The van der Waals surface area contributed by atoms with Crippen molar-refractivity contribution in [1.82, 2.24) is 15.6 Å². The van der Waals surface area contributed by atoms with Crippen LogP contribution >= 0.6 is 11.3 Å². The molecule has 0 radical (unpaired) electrons. The van der Waals surface area contributed by atoms with Gasteiger partial charge in [-0.25, -0.2) is 9.98 Å². The van der Waals surface area contributed by atoms with E-state index in [4.69, 9.17) is 4.74 Å². The van der Waals surface area contributed by atoms with E-state index >= 15 is 0 Å². The van der Waals surface area contributed by atoms with E-state index in [2.05, 4.69) is 20.6 Å². The number of nitrogens with zero attached hydrogens (tertiary/aromatic N) is 2. The van der Waals surface area contributed by atoms with Crippen molar-refractivity contribution in [1.29, 1.82) is 0 Å². The van der Waals surface area contributed by atoms with E-state index in [1.165, 1.54) is 12.1 Å². The smallest absolute Gasteiger partial charge is 0.416 e. The third-order valence-electron chi connectivity index (χ3n) is 3.21. The molecular formula is C17H21F3N4OS. The lowest BCUT2D eigenvalue weighted by atomic mass is 10.2. The standard InChI is InChI=1S/C17H21F3N4OS/c1-3-21-16(24-11-15-23-10-12(2)26-15)22-7-8-25-14-6-4-5-13(9-14)17(18,19)20/h4-6,9-10H,3,7-8,11H2,1-2H3,(H2,21,22,24). The van der Waals surface area contributed by atoms with Crippen LogP contribution in [0.1, 0.15) is 22.4 Å². The van der Waals surface area contributed by atoms with Gasteiger partial charge in [0.2, 0.25) is 0 Å². The molecule has 0 unspecified atom stereocenters. The summed E-state index contributed by atoms with van der Waals surface area (Å²) in [5, 5.41) is 7.10. The fourth-order valence-electron chi connectivity index (χ4n) is 2.06. The molecule has 0 fully saturated rings. The first-order valence-electron chi connectivity index (χ1n) is 8.12. The number of benzene rings is 1.